The molecule has 136 valence electrons. The fourth-order valence-corrected chi connectivity index (χ4v) is 2.47. The Morgan fingerprint density at radius 2 is 2.00 bits per heavy atom. The predicted octanol–water partition coefficient (Wildman–Crippen LogP) is 3.13. The number of aromatic nitrogens is 4. The van der Waals surface area contributed by atoms with Crippen LogP contribution < -0.4 is 5.32 Å². The average molecular weight is 355 g/mol. The molecule has 0 aliphatic carbocycles. The number of hydrogen-bond acceptors (Lipinski definition) is 7. The molecular weight excluding hydrogens is 334 g/mol. The van der Waals surface area contributed by atoms with Gasteiger partial charge in [-0.15, -0.1) is 0 Å². The van der Waals surface area contributed by atoms with Crippen LogP contribution in [-0.2, 0) is 17.8 Å². The molecule has 3 aromatic rings. The highest BCUT2D eigenvalue weighted by Crippen LogP contribution is 2.23. The molecule has 1 N–H and O–H groups in total. The number of hydrogen-bond donors (Lipinski definition) is 1. The number of carbonyl (C=O) groups excluding carboxylic acids is 1. The summed E-state index contributed by atoms with van der Waals surface area (Å²) in [4.78, 5) is 11.7. The predicted molar refractivity (Wildman–Crippen MR) is 95.5 cm³/mol. The van der Waals surface area contributed by atoms with Crippen LogP contribution in [0.3, 0.4) is 0 Å². The van der Waals surface area contributed by atoms with Gasteiger partial charge in [0.15, 0.2) is 0 Å². The van der Waals surface area contributed by atoms with Crippen molar-refractivity contribution in [3.8, 4) is 11.3 Å². The third-order valence-electron chi connectivity index (χ3n) is 3.73. The van der Waals surface area contributed by atoms with Crippen molar-refractivity contribution in [1.82, 2.24) is 20.2 Å². The number of anilines is 1. The molecular formula is C18H21N5O3. The fraction of sp³-hybridized carbons (Fsp3) is 0.333. The van der Waals surface area contributed by atoms with Crippen molar-refractivity contribution >= 4 is 11.9 Å². The van der Waals surface area contributed by atoms with E-state index in [4.69, 9.17) is 9.15 Å². The topological polar surface area (TPSA) is 95.1 Å². The minimum atomic E-state index is -0.326. The van der Waals surface area contributed by atoms with Gasteiger partial charge in [-0.05, 0) is 48.0 Å². The third-order valence-corrected chi connectivity index (χ3v) is 3.73. The Morgan fingerprint density at radius 1 is 1.19 bits per heavy atom. The second kappa shape index (κ2) is 8.28. The zero-order valence-corrected chi connectivity index (χ0v) is 14.8. The van der Waals surface area contributed by atoms with Gasteiger partial charge < -0.3 is 14.5 Å². The van der Waals surface area contributed by atoms with Crippen molar-refractivity contribution in [2.75, 3.05) is 11.9 Å². The molecule has 0 fully saturated rings. The molecule has 0 amide bonds. The lowest BCUT2D eigenvalue weighted by molar-refractivity contribution is 0.0526. The monoisotopic (exact) mass is 355 g/mol. The molecule has 0 saturated carbocycles. The minimum Gasteiger partial charge on any atom is -0.462 e. The average Bonchev–Trinajstić information content (AvgIpc) is 3.30. The molecule has 2 heterocycles. The smallest absolute Gasteiger partial charge is 0.338 e. The summed E-state index contributed by atoms with van der Waals surface area (Å²) in [6.45, 7) is 5.44. The summed E-state index contributed by atoms with van der Waals surface area (Å²) in [6, 6.07) is 10.9. The summed E-state index contributed by atoms with van der Waals surface area (Å²) >= 11 is 0. The number of nitrogens with zero attached hydrogens (tertiary/aromatic N) is 4. The van der Waals surface area contributed by atoms with Crippen LogP contribution in [0.1, 0.15) is 36.4 Å². The number of aryl methyl sites for hydroxylation is 1. The summed E-state index contributed by atoms with van der Waals surface area (Å²) in [5.74, 6) is 1.78. The molecule has 0 unspecified atom stereocenters. The van der Waals surface area contributed by atoms with Gasteiger partial charge in [0.2, 0.25) is 5.95 Å². The lowest BCUT2D eigenvalue weighted by atomic mass is 10.1. The quantitative estimate of drug-likeness (QED) is 0.620. The molecule has 3 rings (SSSR count). The van der Waals surface area contributed by atoms with Crippen molar-refractivity contribution < 1.29 is 13.9 Å². The summed E-state index contributed by atoms with van der Waals surface area (Å²) < 4.78 is 12.6. The van der Waals surface area contributed by atoms with E-state index in [1.54, 1.807) is 23.7 Å². The van der Waals surface area contributed by atoms with Crippen LogP contribution in [0.25, 0.3) is 11.3 Å². The Morgan fingerprint density at radius 3 is 2.73 bits per heavy atom. The van der Waals surface area contributed by atoms with Gasteiger partial charge in [0, 0.05) is 12.1 Å². The summed E-state index contributed by atoms with van der Waals surface area (Å²) in [6.07, 6.45) is 0.951. The Kier molecular flexibility index (Phi) is 5.62. The highest BCUT2D eigenvalue weighted by molar-refractivity contribution is 5.89. The molecule has 8 heteroatoms. The number of carbonyl (C=O) groups is 1. The number of furan rings is 1. The van der Waals surface area contributed by atoms with Gasteiger partial charge in [0.05, 0.1) is 18.7 Å². The fourth-order valence-electron chi connectivity index (χ4n) is 2.47. The lowest BCUT2D eigenvalue weighted by Crippen LogP contribution is -2.08. The Labute approximate surface area is 151 Å². The van der Waals surface area contributed by atoms with Crippen LogP contribution in [0.2, 0.25) is 0 Å². The van der Waals surface area contributed by atoms with Gasteiger partial charge in [-0.3, -0.25) is 0 Å². The molecule has 0 bridgehead atoms. The summed E-state index contributed by atoms with van der Waals surface area (Å²) in [5, 5.41) is 14.7. The Bertz CT molecular complexity index is 854. The van der Waals surface area contributed by atoms with Gasteiger partial charge in [0.25, 0.3) is 0 Å². The van der Waals surface area contributed by atoms with E-state index >= 15 is 0 Å². The first-order valence-electron chi connectivity index (χ1n) is 8.57. The molecule has 0 atom stereocenters. The van der Waals surface area contributed by atoms with Crippen molar-refractivity contribution in [3.05, 3.63) is 47.7 Å². The SMILES string of the molecule is CCCn1nnnc1NCc1ccc(-c2ccc(C(=O)OCC)cc2)o1. The van der Waals surface area contributed by atoms with Crippen molar-refractivity contribution in [3.63, 3.8) is 0 Å². The van der Waals surface area contributed by atoms with Gasteiger partial charge in [-0.1, -0.05) is 24.2 Å². The van der Waals surface area contributed by atoms with E-state index in [1.807, 2.05) is 24.3 Å². The summed E-state index contributed by atoms with van der Waals surface area (Å²) in [7, 11) is 0. The number of tetrazole rings is 1. The molecule has 0 spiro atoms. The van der Waals surface area contributed by atoms with E-state index in [0.717, 1.165) is 30.0 Å². The molecule has 0 aliphatic heterocycles. The molecule has 2 aromatic heterocycles. The minimum absolute atomic E-state index is 0.326. The largest absolute Gasteiger partial charge is 0.462 e. The van der Waals surface area contributed by atoms with Gasteiger partial charge >= 0.3 is 5.97 Å². The highest BCUT2D eigenvalue weighted by Gasteiger charge is 2.10. The maximum Gasteiger partial charge on any atom is 0.338 e. The third kappa shape index (κ3) is 4.08. The second-order valence-corrected chi connectivity index (χ2v) is 5.64. The number of ether oxygens (including phenoxy) is 1. The summed E-state index contributed by atoms with van der Waals surface area (Å²) in [5.41, 5.74) is 1.41. The van der Waals surface area contributed by atoms with Gasteiger partial charge in [0.1, 0.15) is 11.5 Å². The zero-order chi connectivity index (χ0) is 18.4. The first kappa shape index (κ1) is 17.7. The highest BCUT2D eigenvalue weighted by atomic mass is 16.5. The molecule has 0 radical (unpaired) electrons. The number of esters is 1. The van der Waals surface area contributed by atoms with E-state index in [-0.39, 0.29) is 5.97 Å². The zero-order valence-electron chi connectivity index (χ0n) is 14.8. The van der Waals surface area contributed by atoms with Crippen LogP contribution in [0, 0.1) is 0 Å². The Balaban J connectivity index is 1.64. The van der Waals surface area contributed by atoms with Crippen molar-refractivity contribution in [2.24, 2.45) is 0 Å². The first-order valence-corrected chi connectivity index (χ1v) is 8.57. The van der Waals surface area contributed by atoms with Crippen LogP contribution >= 0.6 is 0 Å². The molecule has 1 aromatic carbocycles. The number of nitrogens with one attached hydrogen (secondary N) is 1. The molecule has 0 saturated heterocycles. The lowest BCUT2D eigenvalue weighted by Gasteiger charge is -2.04. The van der Waals surface area contributed by atoms with E-state index in [2.05, 4.69) is 27.8 Å². The first-order chi connectivity index (χ1) is 12.7. The van der Waals surface area contributed by atoms with E-state index in [1.165, 1.54) is 0 Å². The van der Waals surface area contributed by atoms with Crippen LogP contribution in [0.15, 0.2) is 40.8 Å². The van der Waals surface area contributed by atoms with Crippen molar-refractivity contribution in [1.29, 1.82) is 0 Å². The maximum atomic E-state index is 11.7. The van der Waals surface area contributed by atoms with Crippen LogP contribution in [0.5, 0.6) is 0 Å². The molecule has 26 heavy (non-hydrogen) atoms. The van der Waals surface area contributed by atoms with E-state index in [9.17, 15) is 4.79 Å². The normalized spacial score (nSPS) is 10.7. The van der Waals surface area contributed by atoms with Crippen molar-refractivity contribution in [2.45, 2.75) is 33.4 Å². The van der Waals surface area contributed by atoms with Gasteiger partial charge in [-0.2, -0.15) is 0 Å². The standard InChI is InChI=1S/C18H21N5O3/c1-3-11-23-18(20-21-22-23)19-12-15-9-10-16(26-15)13-5-7-14(8-6-13)17(24)25-4-2/h5-10H,3-4,11-12H2,1-2H3,(H,19,20,22). The Hall–Kier alpha value is -3.16. The number of benzene rings is 1. The second-order valence-electron chi connectivity index (χ2n) is 5.64. The van der Waals surface area contributed by atoms with Crippen LogP contribution in [-0.4, -0.2) is 32.8 Å². The number of rotatable bonds is 8. The van der Waals surface area contributed by atoms with E-state index in [0.29, 0.717) is 24.7 Å². The molecule has 8 nitrogen and oxygen atoms in total. The molecule has 0 aliphatic rings. The van der Waals surface area contributed by atoms with Gasteiger partial charge in [-0.25, -0.2) is 9.48 Å². The maximum absolute atomic E-state index is 11.7. The van der Waals surface area contributed by atoms with E-state index < -0.39 is 0 Å². The van der Waals surface area contributed by atoms with Crippen LogP contribution in [0.4, 0.5) is 5.95 Å².